The van der Waals surface area contributed by atoms with Gasteiger partial charge in [-0.1, -0.05) is 41.9 Å². The summed E-state index contributed by atoms with van der Waals surface area (Å²) >= 11 is 7.79. The molecule has 0 aliphatic heterocycles. The van der Waals surface area contributed by atoms with E-state index in [1.807, 2.05) is 31.2 Å². The Hall–Kier alpha value is -1.89. The summed E-state index contributed by atoms with van der Waals surface area (Å²) in [5.41, 5.74) is 0.852. The Morgan fingerprint density at radius 1 is 1.12 bits per heavy atom. The van der Waals surface area contributed by atoms with Crippen LogP contribution in [0, 0.1) is 0 Å². The molecule has 0 bridgehead atoms. The van der Waals surface area contributed by atoms with E-state index in [1.165, 1.54) is 17.6 Å². The van der Waals surface area contributed by atoms with Crippen molar-refractivity contribution in [2.24, 2.45) is 0 Å². The van der Waals surface area contributed by atoms with Crippen LogP contribution < -0.4 is 0 Å². The third kappa shape index (κ3) is 3.49. The lowest BCUT2D eigenvalue weighted by Gasteiger charge is -2.25. The topological polar surface area (TPSA) is 54.5 Å². The SMILES string of the molecule is CC(c1ccc(S(C)(=O)=O)cc1)N(C)C(=O)c1sc2ccccc2c1Cl. The number of amides is 1. The van der Waals surface area contributed by atoms with E-state index in [4.69, 9.17) is 11.6 Å². The molecule has 1 amide bonds. The van der Waals surface area contributed by atoms with Crippen LogP contribution in [0.3, 0.4) is 0 Å². The Labute approximate surface area is 161 Å². The lowest BCUT2D eigenvalue weighted by atomic mass is 10.1. The quantitative estimate of drug-likeness (QED) is 0.624. The molecule has 1 heterocycles. The van der Waals surface area contributed by atoms with Gasteiger partial charge in [-0.2, -0.15) is 0 Å². The molecule has 4 nitrogen and oxygen atoms in total. The normalized spacial score (nSPS) is 12.9. The molecular formula is C19H18ClNO3S2. The minimum absolute atomic E-state index is 0.157. The highest BCUT2D eigenvalue weighted by Gasteiger charge is 2.24. The van der Waals surface area contributed by atoms with Gasteiger partial charge in [-0.25, -0.2) is 8.42 Å². The van der Waals surface area contributed by atoms with Crippen molar-refractivity contribution in [3.8, 4) is 0 Å². The molecule has 1 atom stereocenters. The maximum Gasteiger partial charge on any atom is 0.265 e. The van der Waals surface area contributed by atoms with Crippen molar-refractivity contribution in [1.82, 2.24) is 4.90 Å². The van der Waals surface area contributed by atoms with E-state index in [0.29, 0.717) is 9.90 Å². The zero-order valence-electron chi connectivity index (χ0n) is 14.6. The second kappa shape index (κ2) is 7.02. The van der Waals surface area contributed by atoms with Crippen molar-refractivity contribution in [3.05, 3.63) is 64.0 Å². The molecule has 7 heteroatoms. The highest BCUT2D eigenvalue weighted by molar-refractivity contribution is 7.90. The van der Waals surface area contributed by atoms with Gasteiger partial charge in [0.2, 0.25) is 0 Å². The molecule has 2 aromatic carbocycles. The molecule has 26 heavy (non-hydrogen) atoms. The molecule has 3 rings (SSSR count). The molecule has 1 aromatic heterocycles. The molecule has 3 aromatic rings. The van der Waals surface area contributed by atoms with Crippen LogP contribution in [0.25, 0.3) is 10.1 Å². The first kappa shape index (κ1) is 18.9. The number of nitrogens with zero attached hydrogens (tertiary/aromatic N) is 1. The number of sulfone groups is 1. The molecule has 0 aliphatic carbocycles. The monoisotopic (exact) mass is 407 g/mol. The van der Waals surface area contributed by atoms with E-state index < -0.39 is 9.84 Å². The number of carbonyl (C=O) groups is 1. The zero-order chi connectivity index (χ0) is 19.1. The van der Waals surface area contributed by atoms with Crippen molar-refractivity contribution in [1.29, 1.82) is 0 Å². The average molecular weight is 408 g/mol. The predicted molar refractivity (Wildman–Crippen MR) is 107 cm³/mol. The summed E-state index contributed by atoms with van der Waals surface area (Å²) in [7, 11) is -1.52. The minimum atomic E-state index is -3.24. The van der Waals surface area contributed by atoms with Crippen LogP contribution in [-0.4, -0.2) is 32.5 Å². The van der Waals surface area contributed by atoms with Gasteiger partial charge < -0.3 is 4.90 Å². The first-order chi connectivity index (χ1) is 12.2. The Balaban J connectivity index is 1.88. The van der Waals surface area contributed by atoms with Crippen molar-refractivity contribution in [2.75, 3.05) is 13.3 Å². The molecule has 136 valence electrons. The highest BCUT2D eigenvalue weighted by Crippen LogP contribution is 2.36. The lowest BCUT2D eigenvalue weighted by molar-refractivity contribution is 0.0747. The van der Waals surface area contributed by atoms with Gasteiger partial charge in [0.05, 0.1) is 16.0 Å². The molecule has 0 aliphatic rings. The van der Waals surface area contributed by atoms with Crippen LogP contribution >= 0.6 is 22.9 Å². The van der Waals surface area contributed by atoms with Gasteiger partial charge in [0.1, 0.15) is 4.88 Å². The molecule has 0 radical (unpaired) electrons. The number of rotatable bonds is 4. The van der Waals surface area contributed by atoms with Crippen LogP contribution in [-0.2, 0) is 9.84 Å². The van der Waals surface area contributed by atoms with Gasteiger partial charge in [-0.3, -0.25) is 4.79 Å². The lowest BCUT2D eigenvalue weighted by Crippen LogP contribution is -2.29. The van der Waals surface area contributed by atoms with Crippen molar-refractivity contribution in [3.63, 3.8) is 0 Å². The molecule has 0 saturated carbocycles. The maximum absolute atomic E-state index is 12.9. The van der Waals surface area contributed by atoms with E-state index >= 15 is 0 Å². The van der Waals surface area contributed by atoms with Gasteiger partial charge in [0.15, 0.2) is 9.84 Å². The first-order valence-electron chi connectivity index (χ1n) is 7.94. The molecular weight excluding hydrogens is 390 g/mol. The maximum atomic E-state index is 12.9. The van der Waals surface area contributed by atoms with E-state index in [2.05, 4.69) is 0 Å². The molecule has 0 saturated heterocycles. The minimum Gasteiger partial charge on any atom is -0.334 e. The number of benzene rings is 2. The number of thiophene rings is 1. The number of fused-ring (bicyclic) bond motifs is 1. The van der Waals surface area contributed by atoms with Crippen LogP contribution in [0.2, 0.25) is 5.02 Å². The van der Waals surface area contributed by atoms with E-state index in [-0.39, 0.29) is 16.8 Å². The van der Waals surface area contributed by atoms with E-state index in [9.17, 15) is 13.2 Å². The predicted octanol–water partition coefficient (Wildman–Crippen LogP) is 4.79. The van der Waals surface area contributed by atoms with Gasteiger partial charge in [0, 0.05) is 23.4 Å². The summed E-state index contributed by atoms with van der Waals surface area (Å²) in [5.74, 6) is -0.157. The van der Waals surface area contributed by atoms with Crippen molar-refractivity contribution >= 4 is 48.8 Å². The van der Waals surface area contributed by atoms with Crippen LogP contribution in [0.1, 0.15) is 28.2 Å². The summed E-state index contributed by atoms with van der Waals surface area (Å²) in [4.78, 5) is 15.3. The number of hydrogen-bond acceptors (Lipinski definition) is 4. The summed E-state index contributed by atoms with van der Waals surface area (Å²) in [6.45, 7) is 1.90. The van der Waals surface area contributed by atoms with Gasteiger partial charge >= 0.3 is 0 Å². The van der Waals surface area contributed by atoms with Crippen molar-refractivity contribution < 1.29 is 13.2 Å². The molecule has 0 N–H and O–H groups in total. The third-order valence-corrected chi connectivity index (χ3v) is 7.21. The largest absolute Gasteiger partial charge is 0.334 e. The van der Waals surface area contributed by atoms with Gasteiger partial charge in [-0.15, -0.1) is 11.3 Å². The van der Waals surface area contributed by atoms with Crippen LogP contribution in [0.4, 0.5) is 0 Å². The Kier molecular flexibility index (Phi) is 5.10. The fourth-order valence-corrected chi connectivity index (χ4v) is 4.83. The molecule has 1 unspecified atom stereocenters. The second-order valence-corrected chi connectivity index (χ2v) is 9.62. The highest BCUT2D eigenvalue weighted by atomic mass is 35.5. The number of halogens is 1. The summed E-state index contributed by atoms with van der Waals surface area (Å²) < 4.78 is 24.1. The standard InChI is InChI=1S/C19H18ClNO3S2/c1-12(13-8-10-14(11-9-13)26(3,23)24)21(2)19(22)18-17(20)15-6-4-5-7-16(15)25-18/h4-12H,1-3H3. The Bertz CT molecular complexity index is 1070. The smallest absolute Gasteiger partial charge is 0.265 e. The van der Waals surface area contributed by atoms with Crippen LogP contribution in [0.5, 0.6) is 0 Å². The number of hydrogen-bond donors (Lipinski definition) is 0. The summed E-state index contributed by atoms with van der Waals surface area (Å²) in [6.07, 6.45) is 1.17. The summed E-state index contributed by atoms with van der Waals surface area (Å²) in [5, 5.41) is 1.35. The second-order valence-electron chi connectivity index (χ2n) is 6.17. The van der Waals surface area contributed by atoms with E-state index in [0.717, 1.165) is 15.6 Å². The van der Waals surface area contributed by atoms with Crippen molar-refractivity contribution in [2.45, 2.75) is 17.9 Å². The Morgan fingerprint density at radius 3 is 2.31 bits per heavy atom. The van der Waals surface area contributed by atoms with Gasteiger partial charge in [0.25, 0.3) is 5.91 Å². The first-order valence-corrected chi connectivity index (χ1v) is 11.0. The average Bonchev–Trinajstić information content (AvgIpc) is 2.96. The van der Waals surface area contributed by atoms with Crippen LogP contribution in [0.15, 0.2) is 53.4 Å². The van der Waals surface area contributed by atoms with E-state index in [1.54, 1.807) is 36.2 Å². The zero-order valence-corrected chi connectivity index (χ0v) is 17.0. The van der Waals surface area contributed by atoms with Gasteiger partial charge in [-0.05, 0) is 30.7 Å². The third-order valence-electron chi connectivity index (χ3n) is 4.42. The number of carbonyl (C=O) groups excluding carboxylic acids is 1. The fourth-order valence-electron chi connectivity index (χ4n) is 2.70. The molecule has 0 fully saturated rings. The fraction of sp³-hybridized carbons (Fsp3) is 0.211. The summed E-state index contributed by atoms with van der Waals surface area (Å²) in [6, 6.07) is 14.0. The Morgan fingerprint density at radius 2 is 1.73 bits per heavy atom. The molecule has 0 spiro atoms.